The number of ether oxygens (including phenoxy) is 1. The van der Waals surface area contributed by atoms with Crippen LogP contribution in [0.15, 0.2) is 36.4 Å². The Morgan fingerprint density at radius 1 is 1.15 bits per heavy atom. The summed E-state index contributed by atoms with van der Waals surface area (Å²) < 4.78 is 31.9. The normalized spacial score (nSPS) is 24.1. The number of carboxylic acid groups (broad SMARTS) is 1. The molecule has 1 saturated heterocycles. The fourth-order valence-electron chi connectivity index (χ4n) is 5.70. The van der Waals surface area contributed by atoms with Crippen molar-refractivity contribution in [1.29, 1.82) is 0 Å². The molecule has 8 nitrogen and oxygen atoms in total. The highest BCUT2D eigenvalue weighted by Crippen LogP contribution is 2.45. The molecule has 0 radical (unpaired) electrons. The summed E-state index contributed by atoms with van der Waals surface area (Å²) >= 11 is 0. The maximum Gasteiger partial charge on any atom is 0.335 e. The van der Waals surface area contributed by atoms with Crippen LogP contribution >= 0.6 is 0 Å². The summed E-state index contributed by atoms with van der Waals surface area (Å²) in [5.41, 5.74) is 3.35. The average Bonchev–Trinajstić information content (AvgIpc) is 2.78. The second-order valence-electron chi connectivity index (χ2n) is 9.85. The summed E-state index contributed by atoms with van der Waals surface area (Å²) in [4.78, 5) is 13.8. The van der Waals surface area contributed by atoms with Gasteiger partial charge >= 0.3 is 5.97 Å². The number of hydrogen-bond acceptors (Lipinski definition) is 6. The number of carboxylic acids is 1. The predicted molar refractivity (Wildman–Crippen MR) is 128 cm³/mol. The Kier molecular flexibility index (Phi) is 5.82. The standard InChI is InChI=1S/C25H30N2O6S/c1-34(31,32)26-19-5-7-23-21(14-19)22(28)15-25(33-23)8-10-27(11-9-25)20-6-4-16-12-18(24(29)30)3-2-17(16)13-20/h2-3,5,7,12,14,20,22,26,28H,4,6,8-11,13,15H2,1H3,(H,29,30)/t20-,22-/m0/s1. The number of aromatic carboxylic acids is 1. The van der Waals surface area contributed by atoms with Gasteiger partial charge < -0.3 is 14.9 Å². The molecule has 2 aromatic carbocycles. The highest BCUT2D eigenvalue weighted by atomic mass is 32.2. The van der Waals surface area contributed by atoms with E-state index < -0.39 is 27.7 Å². The van der Waals surface area contributed by atoms with Crippen molar-refractivity contribution in [1.82, 2.24) is 4.90 Å². The van der Waals surface area contributed by atoms with Crippen LogP contribution in [0.3, 0.4) is 0 Å². The van der Waals surface area contributed by atoms with Gasteiger partial charge in [0.25, 0.3) is 0 Å². The van der Waals surface area contributed by atoms with Crippen molar-refractivity contribution in [2.45, 2.75) is 56.3 Å². The average molecular weight is 487 g/mol. The first-order valence-electron chi connectivity index (χ1n) is 11.7. The van der Waals surface area contributed by atoms with E-state index in [9.17, 15) is 23.4 Å². The summed E-state index contributed by atoms with van der Waals surface area (Å²) in [5, 5.41) is 20.1. The summed E-state index contributed by atoms with van der Waals surface area (Å²) in [6.45, 7) is 1.76. The van der Waals surface area contributed by atoms with Gasteiger partial charge in [0, 0.05) is 36.8 Å². The van der Waals surface area contributed by atoms with E-state index in [1.165, 1.54) is 5.56 Å². The Morgan fingerprint density at radius 3 is 2.62 bits per heavy atom. The van der Waals surface area contributed by atoms with E-state index in [-0.39, 0.29) is 0 Å². The molecule has 2 heterocycles. The van der Waals surface area contributed by atoms with Crippen LogP contribution < -0.4 is 9.46 Å². The number of benzene rings is 2. The van der Waals surface area contributed by atoms with Gasteiger partial charge in [-0.15, -0.1) is 0 Å². The van der Waals surface area contributed by atoms with Crippen LogP contribution in [0.25, 0.3) is 0 Å². The molecule has 0 saturated carbocycles. The predicted octanol–water partition coefficient (Wildman–Crippen LogP) is 2.96. The second kappa shape index (κ2) is 8.55. The molecule has 0 aromatic heterocycles. The number of carbonyl (C=O) groups is 1. The Hall–Kier alpha value is -2.62. The summed E-state index contributed by atoms with van der Waals surface area (Å²) in [6, 6.07) is 10.9. The number of sulfonamides is 1. The van der Waals surface area contributed by atoms with E-state index in [0.29, 0.717) is 35.0 Å². The topological polar surface area (TPSA) is 116 Å². The van der Waals surface area contributed by atoms with Crippen molar-refractivity contribution >= 4 is 21.7 Å². The number of rotatable bonds is 4. The number of anilines is 1. The summed E-state index contributed by atoms with van der Waals surface area (Å²) in [5.74, 6) is -0.266. The lowest BCUT2D eigenvalue weighted by atomic mass is 9.80. The highest BCUT2D eigenvalue weighted by molar-refractivity contribution is 7.92. The van der Waals surface area contributed by atoms with E-state index in [0.717, 1.165) is 57.0 Å². The van der Waals surface area contributed by atoms with Gasteiger partial charge in [-0.1, -0.05) is 6.07 Å². The largest absolute Gasteiger partial charge is 0.487 e. The minimum absolute atomic E-state index is 0.352. The molecule has 2 aliphatic heterocycles. The number of nitrogens with one attached hydrogen (secondary N) is 1. The Labute approximate surface area is 199 Å². The molecular weight excluding hydrogens is 456 g/mol. The molecule has 9 heteroatoms. The SMILES string of the molecule is CS(=O)(=O)Nc1ccc2c(c1)[C@@H](O)CC1(CCN([C@H]3CCc4cc(C(=O)O)ccc4C3)CC1)O2. The zero-order valence-corrected chi connectivity index (χ0v) is 20.0. The molecule has 0 unspecified atom stereocenters. The van der Waals surface area contributed by atoms with Crippen LogP contribution in [-0.4, -0.2) is 60.5 Å². The molecule has 0 bridgehead atoms. The van der Waals surface area contributed by atoms with Crippen LogP contribution in [0.2, 0.25) is 0 Å². The molecule has 1 aliphatic carbocycles. The summed E-state index contributed by atoms with van der Waals surface area (Å²) in [6.07, 6.45) is 5.32. The number of aryl methyl sites for hydroxylation is 1. The summed E-state index contributed by atoms with van der Waals surface area (Å²) in [7, 11) is -3.39. The zero-order chi connectivity index (χ0) is 24.1. The van der Waals surface area contributed by atoms with Gasteiger partial charge in [0.1, 0.15) is 11.4 Å². The Bertz CT molecular complexity index is 1220. The quantitative estimate of drug-likeness (QED) is 0.608. The fourth-order valence-corrected chi connectivity index (χ4v) is 6.26. The third kappa shape index (κ3) is 4.64. The van der Waals surface area contributed by atoms with Crippen molar-refractivity contribution in [3.8, 4) is 5.75 Å². The smallest absolute Gasteiger partial charge is 0.335 e. The van der Waals surface area contributed by atoms with Crippen molar-refractivity contribution in [2.75, 3.05) is 24.1 Å². The third-order valence-electron chi connectivity index (χ3n) is 7.45. The minimum atomic E-state index is -3.39. The van der Waals surface area contributed by atoms with Gasteiger partial charge in [-0.2, -0.15) is 0 Å². The number of hydrogen-bond donors (Lipinski definition) is 3. The Balaban J connectivity index is 1.24. The fraction of sp³-hybridized carbons (Fsp3) is 0.480. The first-order chi connectivity index (χ1) is 16.1. The number of nitrogens with zero attached hydrogens (tertiary/aromatic N) is 1. The van der Waals surface area contributed by atoms with E-state index in [4.69, 9.17) is 4.74 Å². The number of likely N-dealkylation sites (tertiary alicyclic amines) is 1. The Morgan fingerprint density at radius 2 is 1.91 bits per heavy atom. The molecule has 1 fully saturated rings. The molecule has 5 rings (SSSR count). The maximum atomic E-state index is 11.5. The lowest BCUT2D eigenvalue weighted by molar-refractivity contribution is -0.0608. The van der Waals surface area contributed by atoms with Crippen molar-refractivity contribution in [2.24, 2.45) is 0 Å². The molecule has 1 spiro atoms. The molecule has 182 valence electrons. The third-order valence-corrected chi connectivity index (χ3v) is 8.05. The van der Waals surface area contributed by atoms with Crippen molar-refractivity contribution < 1.29 is 28.2 Å². The molecule has 2 atom stereocenters. The second-order valence-corrected chi connectivity index (χ2v) is 11.6. The van der Waals surface area contributed by atoms with Crippen LogP contribution in [0.4, 0.5) is 5.69 Å². The van der Waals surface area contributed by atoms with Crippen molar-refractivity contribution in [3.63, 3.8) is 0 Å². The van der Waals surface area contributed by atoms with Gasteiger partial charge in [0.15, 0.2) is 0 Å². The molecule has 3 aliphatic rings. The molecule has 2 aromatic rings. The van der Waals surface area contributed by atoms with Crippen molar-refractivity contribution in [3.05, 3.63) is 58.7 Å². The van der Waals surface area contributed by atoms with Gasteiger partial charge in [0.2, 0.25) is 10.0 Å². The van der Waals surface area contributed by atoms with Crippen LogP contribution in [0.1, 0.15) is 58.8 Å². The van der Waals surface area contributed by atoms with Crippen LogP contribution in [0, 0.1) is 0 Å². The molecule has 3 N–H and O–H groups in total. The highest BCUT2D eigenvalue weighted by Gasteiger charge is 2.44. The van der Waals surface area contributed by atoms with Gasteiger partial charge in [-0.25, -0.2) is 13.2 Å². The first kappa shape index (κ1) is 23.1. The van der Waals surface area contributed by atoms with E-state index >= 15 is 0 Å². The monoisotopic (exact) mass is 486 g/mol. The molecular formula is C25H30N2O6S. The molecule has 34 heavy (non-hydrogen) atoms. The maximum absolute atomic E-state index is 11.5. The first-order valence-corrected chi connectivity index (χ1v) is 13.6. The van der Waals surface area contributed by atoms with E-state index in [1.54, 1.807) is 24.3 Å². The van der Waals surface area contributed by atoms with Gasteiger partial charge in [-0.05, 0) is 73.6 Å². The van der Waals surface area contributed by atoms with Gasteiger partial charge in [0.05, 0.1) is 17.9 Å². The van der Waals surface area contributed by atoms with Crippen LogP contribution in [-0.2, 0) is 22.9 Å². The van der Waals surface area contributed by atoms with Gasteiger partial charge in [-0.3, -0.25) is 9.62 Å². The lowest BCUT2D eigenvalue weighted by Crippen LogP contribution is -2.53. The number of fused-ring (bicyclic) bond motifs is 2. The van der Waals surface area contributed by atoms with Crippen LogP contribution in [0.5, 0.6) is 5.75 Å². The number of aliphatic hydroxyl groups excluding tert-OH is 1. The zero-order valence-electron chi connectivity index (χ0n) is 19.2. The lowest BCUT2D eigenvalue weighted by Gasteiger charge is -2.48. The number of piperidine rings is 1. The molecule has 0 amide bonds. The van der Waals surface area contributed by atoms with E-state index in [1.807, 2.05) is 12.1 Å². The minimum Gasteiger partial charge on any atom is -0.487 e. The number of aliphatic hydroxyl groups is 1. The van der Waals surface area contributed by atoms with E-state index in [2.05, 4.69) is 9.62 Å².